The van der Waals surface area contributed by atoms with Crippen molar-refractivity contribution in [2.75, 3.05) is 19.6 Å². The smallest absolute Gasteiger partial charge is 0.253 e. The molecule has 0 radical (unpaired) electrons. The van der Waals surface area contributed by atoms with E-state index in [9.17, 15) is 9.59 Å². The second-order valence-electron chi connectivity index (χ2n) is 4.77. The molecule has 1 aromatic rings. The minimum absolute atomic E-state index is 0.00853. The standard InChI is InChI=1S/C14H18BrN3O2/c15-12-6-4-11(5-7-12)14(20)16-10-13(19)17-18-8-2-1-3-9-18/h4-7H,1-3,8-10H2,(H,16,20)(H,17,19). The maximum Gasteiger partial charge on any atom is 0.253 e. The van der Waals surface area contributed by atoms with Crippen LogP contribution < -0.4 is 10.7 Å². The molecule has 0 aliphatic carbocycles. The van der Waals surface area contributed by atoms with E-state index in [1.54, 1.807) is 24.3 Å². The fraction of sp³-hybridized carbons (Fsp3) is 0.429. The van der Waals surface area contributed by atoms with Gasteiger partial charge < -0.3 is 5.32 Å². The molecule has 0 spiro atoms. The summed E-state index contributed by atoms with van der Waals surface area (Å²) in [6, 6.07) is 7.01. The van der Waals surface area contributed by atoms with Gasteiger partial charge in [0.05, 0.1) is 6.54 Å². The lowest BCUT2D eigenvalue weighted by Gasteiger charge is -2.26. The van der Waals surface area contributed by atoms with E-state index >= 15 is 0 Å². The van der Waals surface area contributed by atoms with Crippen LogP contribution in [0.2, 0.25) is 0 Å². The molecule has 6 heteroatoms. The highest BCUT2D eigenvalue weighted by Gasteiger charge is 2.13. The Hall–Kier alpha value is -1.40. The molecule has 5 nitrogen and oxygen atoms in total. The average molecular weight is 340 g/mol. The average Bonchev–Trinajstić information content (AvgIpc) is 2.46. The number of carbonyl (C=O) groups excluding carboxylic acids is 2. The summed E-state index contributed by atoms with van der Waals surface area (Å²) < 4.78 is 0.914. The highest BCUT2D eigenvalue weighted by molar-refractivity contribution is 9.10. The molecule has 1 heterocycles. The molecule has 2 rings (SSSR count). The number of hydrogen-bond donors (Lipinski definition) is 2. The molecule has 2 N–H and O–H groups in total. The van der Waals surface area contributed by atoms with Gasteiger partial charge in [-0.3, -0.25) is 15.0 Å². The summed E-state index contributed by atoms with van der Waals surface area (Å²) in [6.07, 6.45) is 3.42. The minimum atomic E-state index is -0.244. The van der Waals surface area contributed by atoms with Gasteiger partial charge in [-0.05, 0) is 37.1 Å². The Balaban J connectivity index is 1.75. The Morgan fingerprint density at radius 3 is 2.40 bits per heavy atom. The number of hydrazine groups is 1. The molecule has 108 valence electrons. The van der Waals surface area contributed by atoms with Crippen molar-refractivity contribution in [3.8, 4) is 0 Å². The van der Waals surface area contributed by atoms with Crippen molar-refractivity contribution in [1.82, 2.24) is 15.8 Å². The van der Waals surface area contributed by atoms with Crippen LogP contribution in [-0.2, 0) is 4.79 Å². The molecule has 2 amide bonds. The molecule has 1 saturated heterocycles. The van der Waals surface area contributed by atoms with Crippen LogP contribution in [0.4, 0.5) is 0 Å². The van der Waals surface area contributed by atoms with E-state index in [1.807, 2.05) is 5.01 Å². The van der Waals surface area contributed by atoms with Gasteiger partial charge >= 0.3 is 0 Å². The number of halogens is 1. The van der Waals surface area contributed by atoms with E-state index in [4.69, 9.17) is 0 Å². The monoisotopic (exact) mass is 339 g/mol. The van der Waals surface area contributed by atoms with Gasteiger partial charge in [-0.15, -0.1) is 0 Å². The van der Waals surface area contributed by atoms with Crippen LogP contribution in [0, 0.1) is 0 Å². The van der Waals surface area contributed by atoms with E-state index < -0.39 is 0 Å². The van der Waals surface area contributed by atoms with E-state index in [1.165, 1.54) is 6.42 Å². The first-order valence-electron chi connectivity index (χ1n) is 6.73. The third-order valence-electron chi connectivity index (χ3n) is 3.15. The topological polar surface area (TPSA) is 61.4 Å². The zero-order chi connectivity index (χ0) is 14.4. The Kier molecular flexibility index (Phi) is 5.55. The zero-order valence-electron chi connectivity index (χ0n) is 11.2. The minimum Gasteiger partial charge on any atom is -0.343 e. The number of piperidine rings is 1. The van der Waals surface area contributed by atoms with Gasteiger partial charge in [0.1, 0.15) is 0 Å². The summed E-state index contributed by atoms with van der Waals surface area (Å²) in [5.41, 5.74) is 3.35. The van der Waals surface area contributed by atoms with Crippen molar-refractivity contribution < 1.29 is 9.59 Å². The lowest BCUT2D eigenvalue weighted by atomic mass is 10.2. The van der Waals surface area contributed by atoms with E-state index in [0.717, 1.165) is 30.4 Å². The maximum atomic E-state index is 11.8. The molecular weight excluding hydrogens is 322 g/mol. The number of nitrogens with zero attached hydrogens (tertiary/aromatic N) is 1. The summed E-state index contributed by atoms with van der Waals surface area (Å²) in [5.74, 6) is -0.427. The first-order chi connectivity index (χ1) is 9.65. The van der Waals surface area contributed by atoms with Crippen LogP contribution in [0.25, 0.3) is 0 Å². The van der Waals surface area contributed by atoms with Crippen molar-refractivity contribution >= 4 is 27.7 Å². The van der Waals surface area contributed by atoms with Gasteiger partial charge in [-0.2, -0.15) is 0 Å². The van der Waals surface area contributed by atoms with Gasteiger partial charge in [0.25, 0.3) is 11.8 Å². The van der Waals surface area contributed by atoms with Crippen LogP contribution in [0.3, 0.4) is 0 Å². The predicted molar refractivity (Wildman–Crippen MR) is 80.0 cm³/mol. The van der Waals surface area contributed by atoms with Crippen molar-refractivity contribution in [3.05, 3.63) is 34.3 Å². The fourth-order valence-corrected chi connectivity index (χ4v) is 2.35. The van der Waals surface area contributed by atoms with Crippen LogP contribution >= 0.6 is 15.9 Å². The lowest BCUT2D eigenvalue weighted by molar-refractivity contribution is -0.125. The van der Waals surface area contributed by atoms with Crippen molar-refractivity contribution in [2.45, 2.75) is 19.3 Å². The summed E-state index contributed by atoms with van der Waals surface area (Å²) in [7, 11) is 0. The number of benzene rings is 1. The first kappa shape index (κ1) is 15.0. The van der Waals surface area contributed by atoms with Crippen molar-refractivity contribution in [1.29, 1.82) is 0 Å². The summed E-state index contributed by atoms with van der Waals surface area (Å²) in [5, 5.41) is 4.53. The van der Waals surface area contributed by atoms with E-state index in [0.29, 0.717) is 5.56 Å². The van der Waals surface area contributed by atoms with E-state index in [2.05, 4.69) is 26.7 Å². The Morgan fingerprint density at radius 1 is 1.10 bits per heavy atom. The zero-order valence-corrected chi connectivity index (χ0v) is 12.8. The van der Waals surface area contributed by atoms with Crippen molar-refractivity contribution in [2.24, 2.45) is 0 Å². The van der Waals surface area contributed by atoms with E-state index in [-0.39, 0.29) is 18.4 Å². The number of amides is 2. The SMILES string of the molecule is O=C(CNC(=O)c1ccc(Br)cc1)NN1CCCCC1. The highest BCUT2D eigenvalue weighted by atomic mass is 79.9. The van der Waals surface area contributed by atoms with Gasteiger partial charge in [0.2, 0.25) is 0 Å². The summed E-state index contributed by atoms with van der Waals surface area (Å²) in [4.78, 5) is 23.6. The molecule has 0 bridgehead atoms. The molecule has 1 aromatic carbocycles. The van der Waals surface area contributed by atoms with Crippen LogP contribution in [0.1, 0.15) is 29.6 Å². The third kappa shape index (κ3) is 4.61. The number of hydrogen-bond acceptors (Lipinski definition) is 3. The van der Waals surface area contributed by atoms with Crippen LogP contribution in [-0.4, -0.2) is 36.5 Å². The third-order valence-corrected chi connectivity index (χ3v) is 3.68. The Bertz CT molecular complexity index is 470. The quantitative estimate of drug-likeness (QED) is 0.877. The molecule has 0 saturated carbocycles. The lowest BCUT2D eigenvalue weighted by Crippen LogP contribution is -2.48. The normalized spacial score (nSPS) is 15.7. The van der Waals surface area contributed by atoms with Gasteiger partial charge in [-0.1, -0.05) is 22.4 Å². The van der Waals surface area contributed by atoms with Crippen molar-refractivity contribution in [3.63, 3.8) is 0 Å². The Labute approximate surface area is 126 Å². The molecule has 1 aliphatic rings. The predicted octanol–water partition coefficient (Wildman–Crippen LogP) is 1.70. The molecule has 20 heavy (non-hydrogen) atoms. The number of rotatable bonds is 4. The largest absolute Gasteiger partial charge is 0.343 e. The van der Waals surface area contributed by atoms with Gasteiger partial charge in [0, 0.05) is 23.1 Å². The summed E-state index contributed by atoms with van der Waals surface area (Å²) >= 11 is 3.31. The fourth-order valence-electron chi connectivity index (χ4n) is 2.09. The van der Waals surface area contributed by atoms with Gasteiger partial charge in [-0.25, -0.2) is 5.01 Å². The number of carbonyl (C=O) groups is 2. The number of nitrogens with one attached hydrogen (secondary N) is 2. The molecule has 0 aromatic heterocycles. The van der Waals surface area contributed by atoms with Crippen LogP contribution in [0.15, 0.2) is 28.7 Å². The molecule has 1 fully saturated rings. The summed E-state index contributed by atoms with van der Waals surface area (Å²) in [6.45, 7) is 1.75. The Morgan fingerprint density at radius 2 is 1.75 bits per heavy atom. The van der Waals surface area contributed by atoms with Crippen LogP contribution in [0.5, 0.6) is 0 Å². The molecule has 1 aliphatic heterocycles. The molecule has 0 unspecified atom stereocenters. The van der Waals surface area contributed by atoms with Gasteiger partial charge in [0.15, 0.2) is 0 Å². The maximum absolute atomic E-state index is 11.8. The first-order valence-corrected chi connectivity index (χ1v) is 7.52. The molecular formula is C14H18BrN3O2. The highest BCUT2D eigenvalue weighted by Crippen LogP contribution is 2.10. The second kappa shape index (κ2) is 7.40. The second-order valence-corrected chi connectivity index (χ2v) is 5.69. The molecule has 0 atom stereocenters.